The Hall–Kier alpha value is -2.34. The molecule has 0 aliphatic heterocycles. The lowest BCUT2D eigenvalue weighted by Gasteiger charge is -2.09. The van der Waals surface area contributed by atoms with Crippen molar-refractivity contribution in [1.29, 1.82) is 0 Å². The van der Waals surface area contributed by atoms with Gasteiger partial charge in [0, 0.05) is 0 Å². The number of rotatable bonds is 0. The second-order valence-corrected chi connectivity index (χ2v) is 6.30. The lowest BCUT2D eigenvalue weighted by atomic mass is 9.95. The standard InChI is InChI=1S/C21H16/c1-13-6-8-18-16(10-13)11-15-7-9-19-17-5-3-2-4-14(17)12-20(19)21(15)18/h2-10H,11-12H2,1H3. The number of hydrogen-bond acceptors (Lipinski definition) is 0. The molecule has 5 rings (SSSR count). The largest absolute Gasteiger partial charge is 0.0619 e. The molecule has 0 saturated heterocycles. The molecule has 2 aliphatic carbocycles. The highest BCUT2D eigenvalue weighted by molar-refractivity contribution is 5.89. The molecule has 0 heteroatoms. The molecule has 0 aromatic heterocycles. The van der Waals surface area contributed by atoms with E-state index in [1.807, 2.05) is 0 Å². The van der Waals surface area contributed by atoms with Crippen molar-refractivity contribution in [3.63, 3.8) is 0 Å². The zero-order valence-electron chi connectivity index (χ0n) is 12.1. The Morgan fingerprint density at radius 3 is 2.48 bits per heavy atom. The highest BCUT2D eigenvalue weighted by Gasteiger charge is 2.27. The van der Waals surface area contributed by atoms with Gasteiger partial charge in [0.2, 0.25) is 0 Å². The topological polar surface area (TPSA) is 0 Å². The summed E-state index contributed by atoms with van der Waals surface area (Å²) < 4.78 is 0. The summed E-state index contributed by atoms with van der Waals surface area (Å²) in [4.78, 5) is 0. The van der Waals surface area contributed by atoms with Crippen LogP contribution < -0.4 is 0 Å². The Kier molecular flexibility index (Phi) is 2.08. The number of hydrogen-bond donors (Lipinski definition) is 0. The van der Waals surface area contributed by atoms with E-state index in [1.165, 1.54) is 50.1 Å². The maximum atomic E-state index is 2.35. The predicted octanol–water partition coefficient (Wildman–Crippen LogP) is 5.14. The summed E-state index contributed by atoms with van der Waals surface area (Å²) in [7, 11) is 0. The van der Waals surface area contributed by atoms with E-state index in [-0.39, 0.29) is 0 Å². The summed E-state index contributed by atoms with van der Waals surface area (Å²) in [5.74, 6) is 0. The van der Waals surface area contributed by atoms with Crippen LogP contribution in [0.3, 0.4) is 0 Å². The van der Waals surface area contributed by atoms with Crippen molar-refractivity contribution < 1.29 is 0 Å². The van der Waals surface area contributed by atoms with Crippen molar-refractivity contribution in [2.45, 2.75) is 19.8 Å². The molecule has 0 fully saturated rings. The summed E-state index contributed by atoms with van der Waals surface area (Å²) in [5.41, 5.74) is 13.2. The van der Waals surface area contributed by atoms with E-state index < -0.39 is 0 Å². The normalized spacial score (nSPS) is 13.6. The molecular weight excluding hydrogens is 252 g/mol. The molecule has 0 radical (unpaired) electrons. The third-order valence-corrected chi connectivity index (χ3v) is 4.98. The summed E-state index contributed by atoms with van der Waals surface area (Å²) in [6.45, 7) is 2.18. The van der Waals surface area contributed by atoms with Crippen molar-refractivity contribution in [2.24, 2.45) is 0 Å². The van der Waals surface area contributed by atoms with E-state index in [0.717, 1.165) is 12.8 Å². The summed E-state index contributed by atoms with van der Waals surface area (Å²) in [6, 6.07) is 20.4. The van der Waals surface area contributed by atoms with Crippen molar-refractivity contribution in [3.8, 4) is 22.3 Å². The molecule has 2 aliphatic rings. The van der Waals surface area contributed by atoms with Gasteiger partial charge in [-0.1, -0.05) is 60.2 Å². The Morgan fingerprint density at radius 2 is 1.52 bits per heavy atom. The number of fused-ring (bicyclic) bond motifs is 7. The summed E-state index contributed by atoms with van der Waals surface area (Å²) in [6.07, 6.45) is 2.18. The van der Waals surface area contributed by atoms with Gasteiger partial charge in [0.05, 0.1) is 0 Å². The van der Waals surface area contributed by atoms with Crippen LogP contribution in [0.15, 0.2) is 54.6 Å². The molecule has 0 amide bonds. The fourth-order valence-corrected chi connectivity index (χ4v) is 4.06. The fourth-order valence-electron chi connectivity index (χ4n) is 4.06. The van der Waals surface area contributed by atoms with Crippen LogP contribution in [0.4, 0.5) is 0 Å². The maximum absolute atomic E-state index is 2.35. The Balaban J connectivity index is 1.80. The van der Waals surface area contributed by atoms with Gasteiger partial charge in [-0.15, -0.1) is 0 Å². The molecular formula is C21H16. The minimum absolute atomic E-state index is 1.09. The van der Waals surface area contributed by atoms with Gasteiger partial charge >= 0.3 is 0 Å². The molecule has 0 unspecified atom stereocenters. The summed E-state index contributed by atoms with van der Waals surface area (Å²) >= 11 is 0. The Morgan fingerprint density at radius 1 is 0.667 bits per heavy atom. The predicted molar refractivity (Wildman–Crippen MR) is 87.7 cm³/mol. The van der Waals surface area contributed by atoms with E-state index in [1.54, 1.807) is 0 Å². The third-order valence-electron chi connectivity index (χ3n) is 4.98. The van der Waals surface area contributed by atoms with Gasteiger partial charge in [-0.25, -0.2) is 0 Å². The maximum Gasteiger partial charge on any atom is -0.000718 e. The van der Waals surface area contributed by atoms with Gasteiger partial charge < -0.3 is 0 Å². The zero-order chi connectivity index (χ0) is 14.0. The van der Waals surface area contributed by atoms with Gasteiger partial charge in [0.25, 0.3) is 0 Å². The second-order valence-electron chi connectivity index (χ2n) is 6.30. The zero-order valence-corrected chi connectivity index (χ0v) is 12.1. The van der Waals surface area contributed by atoms with Gasteiger partial charge in [-0.2, -0.15) is 0 Å². The molecule has 21 heavy (non-hydrogen) atoms. The van der Waals surface area contributed by atoms with Crippen molar-refractivity contribution in [2.75, 3.05) is 0 Å². The van der Waals surface area contributed by atoms with Crippen LogP contribution in [0.25, 0.3) is 22.3 Å². The van der Waals surface area contributed by atoms with Crippen LogP contribution in [0.2, 0.25) is 0 Å². The fraction of sp³-hybridized carbons (Fsp3) is 0.143. The molecule has 0 spiro atoms. The van der Waals surface area contributed by atoms with Crippen LogP contribution in [0, 0.1) is 6.92 Å². The van der Waals surface area contributed by atoms with Crippen LogP contribution in [-0.2, 0) is 12.8 Å². The van der Waals surface area contributed by atoms with Gasteiger partial charge in [0.15, 0.2) is 0 Å². The van der Waals surface area contributed by atoms with E-state index in [0.29, 0.717) is 0 Å². The van der Waals surface area contributed by atoms with Gasteiger partial charge in [-0.3, -0.25) is 0 Å². The molecule has 3 aromatic carbocycles. The second kappa shape index (κ2) is 3.85. The molecule has 0 heterocycles. The highest BCUT2D eigenvalue weighted by atomic mass is 14.3. The third kappa shape index (κ3) is 1.45. The molecule has 0 bridgehead atoms. The van der Waals surface area contributed by atoms with E-state index in [2.05, 4.69) is 61.5 Å². The van der Waals surface area contributed by atoms with Crippen LogP contribution in [0.1, 0.15) is 27.8 Å². The first-order valence-corrected chi connectivity index (χ1v) is 7.64. The number of aryl methyl sites for hydroxylation is 1. The molecule has 100 valence electrons. The van der Waals surface area contributed by atoms with E-state index in [4.69, 9.17) is 0 Å². The molecule has 0 nitrogen and oxygen atoms in total. The average molecular weight is 268 g/mol. The van der Waals surface area contributed by atoms with Crippen molar-refractivity contribution in [3.05, 3.63) is 82.4 Å². The van der Waals surface area contributed by atoms with Gasteiger partial charge in [0.1, 0.15) is 0 Å². The lowest BCUT2D eigenvalue weighted by Crippen LogP contribution is -1.88. The average Bonchev–Trinajstić information content (AvgIpc) is 3.03. The molecule has 0 saturated carbocycles. The van der Waals surface area contributed by atoms with E-state index >= 15 is 0 Å². The SMILES string of the molecule is Cc1ccc2c(c1)Cc1ccc3c(c1-2)Cc1ccccc1-3. The molecule has 3 aromatic rings. The highest BCUT2D eigenvalue weighted by Crippen LogP contribution is 2.47. The minimum Gasteiger partial charge on any atom is -0.0619 e. The Labute approximate surface area is 125 Å². The van der Waals surface area contributed by atoms with Crippen molar-refractivity contribution in [1.82, 2.24) is 0 Å². The molecule has 0 N–H and O–H groups in total. The van der Waals surface area contributed by atoms with E-state index in [9.17, 15) is 0 Å². The van der Waals surface area contributed by atoms with Crippen LogP contribution in [0.5, 0.6) is 0 Å². The molecule has 0 atom stereocenters. The van der Waals surface area contributed by atoms with Crippen molar-refractivity contribution >= 4 is 0 Å². The van der Waals surface area contributed by atoms with Gasteiger partial charge in [-0.05, 0) is 64.3 Å². The first-order chi connectivity index (χ1) is 10.3. The first kappa shape index (κ1) is 11.3. The smallest absolute Gasteiger partial charge is 0.000718 e. The minimum atomic E-state index is 1.09. The number of benzene rings is 3. The first-order valence-electron chi connectivity index (χ1n) is 7.64. The monoisotopic (exact) mass is 268 g/mol. The lowest BCUT2D eigenvalue weighted by molar-refractivity contribution is 1.23. The Bertz CT molecular complexity index is 900. The summed E-state index contributed by atoms with van der Waals surface area (Å²) in [5, 5.41) is 0. The van der Waals surface area contributed by atoms with Crippen LogP contribution >= 0.6 is 0 Å². The quantitative estimate of drug-likeness (QED) is 0.365. The van der Waals surface area contributed by atoms with Crippen LogP contribution in [-0.4, -0.2) is 0 Å².